The lowest BCUT2D eigenvalue weighted by molar-refractivity contribution is -0.139. The fourth-order valence-electron chi connectivity index (χ4n) is 12.9. The highest BCUT2D eigenvalue weighted by molar-refractivity contribution is 9.10. The number of halogens is 2. The lowest BCUT2D eigenvalue weighted by Gasteiger charge is -2.44. The first-order chi connectivity index (χ1) is 42.5. The highest BCUT2D eigenvalue weighted by Crippen LogP contribution is 2.48. The van der Waals surface area contributed by atoms with Crippen LogP contribution >= 0.6 is 15.9 Å². The van der Waals surface area contributed by atoms with Crippen LogP contribution in [0.25, 0.3) is 11.1 Å². The number of nitrogens with zero attached hydrogens (tertiary/aromatic N) is 6. The van der Waals surface area contributed by atoms with Crippen molar-refractivity contribution in [2.45, 2.75) is 108 Å². The highest BCUT2D eigenvalue weighted by Gasteiger charge is 2.50. The molecule has 3 saturated heterocycles. The minimum atomic E-state index is -0.791. The van der Waals surface area contributed by atoms with Gasteiger partial charge in [0.15, 0.2) is 0 Å². The van der Waals surface area contributed by atoms with Gasteiger partial charge < -0.3 is 48.9 Å². The first-order valence-electron chi connectivity index (χ1n) is 31.4. The summed E-state index contributed by atoms with van der Waals surface area (Å²) in [5.74, 6) is -0.453. The monoisotopic (exact) mass is 1270 g/mol. The van der Waals surface area contributed by atoms with Crippen LogP contribution in [0.3, 0.4) is 0 Å². The van der Waals surface area contributed by atoms with Gasteiger partial charge in [-0.1, -0.05) is 91.4 Å². The van der Waals surface area contributed by atoms with Gasteiger partial charge >= 0.3 is 6.09 Å². The molecule has 5 amide bonds. The maximum Gasteiger partial charge on any atom is 0.411 e. The van der Waals surface area contributed by atoms with Crippen molar-refractivity contribution in [2.75, 3.05) is 117 Å². The summed E-state index contributed by atoms with van der Waals surface area (Å²) < 4.78 is 33.8. The molecule has 0 bridgehead atoms. The van der Waals surface area contributed by atoms with Crippen molar-refractivity contribution in [1.82, 2.24) is 29.4 Å². The fourth-order valence-corrected chi connectivity index (χ4v) is 13.2. The standard InChI is InChI=1S/C70H88BrFN8O8/c1-6-51(2)66(83)80-49-70(87-50-80,55-27-30-61(72)60(71)47-55)35-43-79-41-33-69(34-42-79)59-22-14-12-20-54(59)46-63(69)86-48-65(82)75(3)37-17-38-77(5)67(84)53-25-28-56(29-26-53)73-36-16-8-11-24-64(81)76(4)44-45-78-39-31-57(32-40-78)88-68(85)74-62-23-15-13-21-58(62)52-18-9-7-10-19-52/h6-7,9-10,12-15,18-23,25-30,47,57,63,73H,8,11,16-17,24,31-46,48-50H2,1-5H3,(H,74,85)/b51-6+/t63-,70-/m0/s1. The van der Waals surface area contributed by atoms with E-state index in [1.54, 1.807) is 40.9 Å². The van der Waals surface area contributed by atoms with Crippen LogP contribution in [0.4, 0.5) is 20.6 Å². The highest BCUT2D eigenvalue weighted by atomic mass is 79.9. The molecule has 0 aromatic heterocycles. The summed E-state index contributed by atoms with van der Waals surface area (Å²) in [4.78, 5) is 77.9. The molecular weight excluding hydrogens is 1180 g/mol. The quantitative estimate of drug-likeness (QED) is 0.0401. The summed E-state index contributed by atoms with van der Waals surface area (Å²) in [6.45, 7) is 11.3. The summed E-state index contributed by atoms with van der Waals surface area (Å²) in [5.41, 5.74) is 7.24. The van der Waals surface area contributed by atoms with Crippen molar-refractivity contribution >= 4 is 57.0 Å². The molecule has 0 radical (unpaired) electrons. The number of unbranched alkanes of at least 4 members (excludes halogenated alkanes) is 2. The van der Waals surface area contributed by atoms with Gasteiger partial charge in [-0.3, -0.25) is 24.5 Å². The van der Waals surface area contributed by atoms with Crippen LogP contribution in [-0.2, 0) is 46.0 Å². The number of para-hydroxylation sites is 1. The van der Waals surface area contributed by atoms with E-state index in [0.29, 0.717) is 61.1 Å². The number of benzene rings is 5. The zero-order chi connectivity index (χ0) is 62.2. The molecule has 3 aliphatic heterocycles. The van der Waals surface area contributed by atoms with E-state index in [0.717, 1.165) is 125 Å². The molecule has 5 aromatic rings. The Morgan fingerprint density at radius 3 is 2.20 bits per heavy atom. The van der Waals surface area contributed by atoms with E-state index in [-0.39, 0.29) is 60.4 Å². The van der Waals surface area contributed by atoms with Crippen molar-refractivity contribution in [1.29, 1.82) is 0 Å². The minimum Gasteiger partial charge on any atom is -0.446 e. The summed E-state index contributed by atoms with van der Waals surface area (Å²) in [7, 11) is 5.45. The smallest absolute Gasteiger partial charge is 0.411 e. The van der Waals surface area contributed by atoms with E-state index in [4.69, 9.17) is 14.2 Å². The number of nitrogens with one attached hydrogen (secondary N) is 2. The molecule has 16 nitrogen and oxygen atoms in total. The van der Waals surface area contributed by atoms with E-state index in [2.05, 4.69) is 60.6 Å². The van der Waals surface area contributed by atoms with Gasteiger partial charge in [0.05, 0.1) is 22.8 Å². The number of likely N-dealkylation sites (tertiary alicyclic amines) is 2. The Kier molecular flexibility index (Phi) is 23.1. The summed E-state index contributed by atoms with van der Waals surface area (Å²) >= 11 is 3.37. The van der Waals surface area contributed by atoms with Gasteiger partial charge in [-0.15, -0.1) is 0 Å². The molecule has 470 valence electrons. The predicted octanol–water partition coefficient (Wildman–Crippen LogP) is 11.4. The number of anilines is 2. The van der Waals surface area contributed by atoms with Gasteiger partial charge in [0.2, 0.25) is 11.8 Å². The summed E-state index contributed by atoms with van der Waals surface area (Å²) in [6.07, 6.45) is 9.40. The summed E-state index contributed by atoms with van der Waals surface area (Å²) in [5, 5.41) is 6.39. The van der Waals surface area contributed by atoms with Crippen molar-refractivity contribution in [2.24, 2.45) is 0 Å². The molecule has 5 aromatic carbocycles. The number of rotatable bonds is 26. The first-order valence-corrected chi connectivity index (χ1v) is 32.2. The lowest BCUT2D eigenvalue weighted by Crippen LogP contribution is -2.50. The third-order valence-electron chi connectivity index (χ3n) is 18.5. The van der Waals surface area contributed by atoms with Crippen molar-refractivity contribution in [3.63, 3.8) is 0 Å². The Hall–Kier alpha value is -6.96. The second-order valence-corrected chi connectivity index (χ2v) is 25.1. The van der Waals surface area contributed by atoms with Gasteiger partial charge in [0.1, 0.15) is 30.9 Å². The molecule has 4 aliphatic rings. The molecule has 2 N–H and O–H groups in total. The van der Waals surface area contributed by atoms with Gasteiger partial charge in [-0.25, -0.2) is 9.18 Å². The molecule has 1 spiro atoms. The zero-order valence-corrected chi connectivity index (χ0v) is 53.5. The van der Waals surface area contributed by atoms with E-state index >= 15 is 0 Å². The van der Waals surface area contributed by atoms with Crippen LogP contribution in [0.1, 0.15) is 105 Å². The van der Waals surface area contributed by atoms with E-state index < -0.39 is 11.7 Å². The van der Waals surface area contributed by atoms with E-state index in [9.17, 15) is 28.4 Å². The van der Waals surface area contributed by atoms with Crippen LogP contribution in [0.2, 0.25) is 0 Å². The van der Waals surface area contributed by atoms with Gasteiger partial charge in [0, 0.05) is 108 Å². The predicted molar refractivity (Wildman–Crippen MR) is 346 cm³/mol. The van der Waals surface area contributed by atoms with Crippen molar-refractivity contribution < 1.29 is 42.6 Å². The number of allylic oxidation sites excluding steroid dienone is 1. The molecule has 3 heterocycles. The molecule has 18 heteroatoms. The second-order valence-electron chi connectivity index (χ2n) is 24.3. The molecule has 9 rings (SSSR count). The van der Waals surface area contributed by atoms with Crippen LogP contribution in [0.15, 0.2) is 137 Å². The Morgan fingerprint density at radius 2 is 1.45 bits per heavy atom. The van der Waals surface area contributed by atoms with Crippen molar-refractivity contribution in [3.8, 4) is 11.1 Å². The third-order valence-corrected chi connectivity index (χ3v) is 19.1. The van der Waals surface area contributed by atoms with Gasteiger partial charge in [0.25, 0.3) is 11.8 Å². The molecular formula is C70H88BrFN8O8. The Balaban J connectivity index is 0.629. The summed E-state index contributed by atoms with van der Waals surface area (Å²) in [6, 6.07) is 38.7. The Labute approximate surface area is 527 Å². The number of likely N-dealkylation sites (N-methyl/N-ethyl adjacent to an activating group) is 2. The topological polar surface area (TPSA) is 157 Å². The SMILES string of the molecule is C/C=C(\C)C(=O)N1CO[C@](CCN2CCC3(CC2)c2ccccc2C[C@@H]3OCC(=O)N(C)CCCN(C)C(=O)c2ccc(NCCCCCC(=O)N(C)CCN3CCC(OC(=O)Nc4ccccc4-c4ccccc4)CC3)cc2)(c2ccc(F)c(Br)c2)C1. The molecule has 0 saturated carbocycles. The number of amides is 5. The van der Waals surface area contributed by atoms with Crippen LogP contribution in [0, 0.1) is 5.82 Å². The van der Waals surface area contributed by atoms with Crippen molar-refractivity contribution in [3.05, 3.63) is 166 Å². The molecule has 0 unspecified atom stereocenters. The number of hydrogen-bond donors (Lipinski definition) is 2. The average molecular weight is 1270 g/mol. The largest absolute Gasteiger partial charge is 0.446 e. The average Bonchev–Trinajstić information content (AvgIpc) is 1.69. The molecule has 1 aliphatic carbocycles. The zero-order valence-electron chi connectivity index (χ0n) is 52.0. The maximum absolute atomic E-state index is 14.4. The lowest BCUT2D eigenvalue weighted by atomic mass is 9.72. The number of hydrogen-bond acceptors (Lipinski definition) is 11. The molecule has 3 fully saturated rings. The number of carbonyl (C=O) groups excluding carboxylic acids is 5. The van der Waals surface area contributed by atoms with E-state index in [1.165, 1.54) is 17.2 Å². The minimum absolute atomic E-state index is 0.0279. The maximum atomic E-state index is 14.4. The third kappa shape index (κ3) is 16.6. The number of carbonyl (C=O) groups is 5. The second kappa shape index (κ2) is 31.0. The normalized spacial score (nSPS) is 18.6. The number of piperidine rings is 2. The van der Waals surface area contributed by atoms with Crippen LogP contribution < -0.4 is 10.6 Å². The van der Waals surface area contributed by atoms with Crippen LogP contribution in [0.5, 0.6) is 0 Å². The number of fused-ring (bicyclic) bond motifs is 2. The van der Waals surface area contributed by atoms with Crippen LogP contribution in [-0.4, -0.2) is 178 Å². The Morgan fingerprint density at radius 1 is 0.761 bits per heavy atom. The van der Waals surface area contributed by atoms with Gasteiger partial charge in [-0.2, -0.15) is 0 Å². The molecule has 88 heavy (non-hydrogen) atoms. The first kappa shape index (κ1) is 65.5. The molecule has 2 atom stereocenters. The number of ether oxygens (including phenoxy) is 3. The Bertz CT molecular complexity index is 3210. The van der Waals surface area contributed by atoms with Gasteiger partial charge in [-0.05, 0) is 165 Å². The van der Waals surface area contributed by atoms with E-state index in [1.807, 2.05) is 111 Å². The fraction of sp³-hybridized carbons (Fsp3) is 0.471.